The van der Waals surface area contributed by atoms with Crippen molar-refractivity contribution in [3.63, 3.8) is 0 Å². The number of ether oxygens (including phenoxy) is 1. The maximum Gasteiger partial charge on any atom is 0.490 e. The molecule has 0 fully saturated rings. The topological polar surface area (TPSA) is 119 Å². The van der Waals surface area contributed by atoms with E-state index in [4.69, 9.17) is 20.4 Å². The monoisotopic (exact) mass is 488 g/mol. The molecule has 2 unspecified atom stereocenters. The molecule has 0 saturated carbocycles. The third-order valence-corrected chi connectivity index (χ3v) is 6.85. The molecule has 0 amide bonds. The van der Waals surface area contributed by atoms with E-state index in [0.29, 0.717) is 6.61 Å². The summed E-state index contributed by atoms with van der Waals surface area (Å²) in [7, 11) is -3.30. The fraction of sp³-hybridized carbons (Fsp3) is 0.409. The van der Waals surface area contributed by atoms with Gasteiger partial charge >= 0.3 is 12.1 Å². The van der Waals surface area contributed by atoms with E-state index in [1.165, 1.54) is 5.56 Å². The SMILES string of the molecule is CC(C)S(=O)(=O)NCc1ccc2c(c1)C(Cc1ccccc1)C(N)CO2.O=C(O)C(F)(F)F. The third-order valence-electron chi connectivity index (χ3n) is 5.06. The van der Waals surface area contributed by atoms with Crippen LogP contribution in [-0.4, -0.2) is 43.6 Å². The molecule has 2 atom stereocenters. The normalized spacial score (nSPS) is 18.0. The van der Waals surface area contributed by atoms with Crippen molar-refractivity contribution in [2.75, 3.05) is 6.61 Å². The summed E-state index contributed by atoms with van der Waals surface area (Å²) in [5.74, 6) is -1.78. The van der Waals surface area contributed by atoms with Gasteiger partial charge in [0.2, 0.25) is 10.0 Å². The summed E-state index contributed by atoms with van der Waals surface area (Å²) in [5, 5.41) is 6.67. The van der Waals surface area contributed by atoms with Gasteiger partial charge in [0.1, 0.15) is 12.4 Å². The number of aliphatic carboxylic acids is 1. The molecule has 1 aliphatic rings. The molecule has 3 rings (SSSR count). The number of fused-ring (bicyclic) bond motifs is 1. The average molecular weight is 489 g/mol. The fourth-order valence-corrected chi connectivity index (χ4v) is 3.84. The molecule has 1 heterocycles. The minimum Gasteiger partial charge on any atom is -0.492 e. The van der Waals surface area contributed by atoms with Gasteiger partial charge in [-0.2, -0.15) is 13.2 Å². The number of alkyl halides is 3. The molecule has 0 aromatic heterocycles. The second-order valence-corrected chi connectivity index (χ2v) is 10.2. The minimum absolute atomic E-state index is 0.0923. The maximum atomic E-state index is 12.0. The predicted octanol–water partition coefficient (Wildman–Crippen LogP) is 3.19. The molecule has 11 heteroatoms. The van der Waals surface area contributed by atoms with E-state index in [-0.39, 0.29) is 18.5 Å². The molecule has 0 saturated heterocycles. The summed E-state index contributed by atoms with van der Waals surface area (Å²) in [6.07, 6.45) is -4.25. The highest BCUT2D eigenvalue weighted by atomic mass is 32.2. The van der Waals surface area contributed by atoms with Crippen LogP contribution in [0.15, 0.2) is 48.5 Å². The Balaban J connectivity index is 0.000000479. The summed E-state index contributed by atoms with van der Waals surface area (Å²) < 4.78 is 64.2. The summed E-state index contributed by atoms with van der Waals surface area (Å²) in [4.78, 5) is 8.90. The van der Waals surface area contributed by atoms with Gasteiger partial charge in [0.25, 0.3) is 0 Å². The lowest BCUT2D eigenvalue weighted by Gasteiger charge is -2.32. The van der Waals surface area contributed by atoms with Gasteiger partial charge in [-0.05, 0) is 43.0 Å². The van der Waals surface area contributed by atoms with E-state index in [2.05, 4.69) is 16.9 Å². The van der Waals surface area contributed by atoms with Crippen molar-refractivity contribution >= 4 is 16.0 Å². The van der Waals surface area contributed by atoms with E-state index < -0.39 is 27.4 Å². The van der Waals surface area contributed by atoms with Crippen molar-refractivity contribution in [3.8, 4) is 5.75 Å². The second kappa shape index (κ2) is 11.0. The van der Waals surface area contributed by atoms with Crippen molar-refractivity contribution in [3.05, 3.63) is 65.2 Å². The number of halogens is 3. The first-order valence-electron chi connectivity index (χ1n) is 10.1. The largest absolute Gasteiger partial charge is 0.492 e. The summed E-state index contributed by atoms with van der Waals surface area (Å²) in [6, 6.07) is 16.0. The number of nitrogens with two attached hydrogens (primary N) is 1. The second-order valence-electron chi connectivity index (χ2n) is 7.86. The molecule has 0 aliphatic carbocycles. The van der Waals surface area contributed by atoms with Crippen molar-refractivity contribution in [2.45, 2.75) is 50.2 Å². The van der Waals surface area contributed by atoms with Crippen LogP contribution < -0.4 is 15.2 Å². The Hall–Kier alpha value is -2.63. The lowest BCUT2D eigenvalue weighted by molar-refractivity contribution is -0.192. The maximum absolute atomic E-state index is 12.0. The van der Waals surface area contributed by atoms with Gasteiger partial charge in [0, 0.05) is 18.5 Å². The Kier molecular flexibility index (Phi) is 8.87. The van der Waals surface area contributed by atoms with Crippen molar-refractivity contribution in [2.24, 2.45) is 5.73 Å². The standard InChI is InChI=1S/C20H26N2O3S.C2HF3O2/c1-14(2)26(23,24)22-12-16-8-9-20-18(11-16)17(19(21)13-25-20)10-15-6-4-3-5-7-15;3-2(4,5)1(6)7/h3-9,11,14,17,19,22H,10,12-13,21H2,1-2H3;(H,6,7). The Morgan fingerprint density at radius 2 is 1.79 bits per heavy atom. The average Bonchev–Trinajstić information content (AvgIpc) is 2.74. The van der Waals surface area contributed by atoms with Crippen LogP contribution in [0, 0.1) is 0 Å². The lowest BCUT2D eigenvalue weighted by Crippen LogP contribution is -2.39. The zero-order chi connectivity index (χ0) is 24.8. The Bertz CT molecular complexity index is 1040. The molecule has 2 aromatic rings. The number of hydrogen-bond donors (Lipinski definition) is 3. The molecule has 0 bridgehead atoms. The van der Waals surface area contributed by atoms with E-state index in [1.54, 1.807) is 13.8 Å². The minimum atomic E-state index is -5.08. The molecule has 0 radical (unpaired) electrons. The number of carboxylic acids is 1. The molecule has 2 aromatic carbocycles. The first-order chi connectivity index (χ1) is 15.3. The number of nitrogens with one attached hydrogen (secondary N) is 1. The molecule has 1 aliphatic heterocycles. The highest BCUT2D eigenvalue weighted by molar-refractivity contribution is 7.90. The Morgan fingerprint density at radius 3 is 2.33 bits per heavy atom. The van der Waals surface area contributed by atoms with Crippen molar-refractivity contribution in [1.29, 1.82) is 0 Å². The van der Waals surface area contributed by atoms with Crippen LogP contribution in [-0.2, 0) is 27.8 Å². The molecule has 182 valence electrons. The van der Waals surface area contributed by atoms with E-state index in [0.717, 1.165) is 23.3 Å². The lowest BCUT2D eigenvalue weighted by atomic mass is 9.84. The molecule has 33 heavy (non-hydrogen) atoms. The third kappa shape index (κ3) is 7.72. The van der Waals surface area contributed by atoms with Crippen LogP contribution >= 0.6 is 0 Å². The molecule has 7 nitrogen and oxygen atoms in total. The molecule has 4 N–H and O–H groups in total. The van der Waals surface area contributed by atoms with Crippen LogP contribution in [0.4, 0.5) is 13.2 Å². The smallest absolute Gasteiger partial charge is 0.490 e. The summed E-state index contributed by atoms with van der Waals surface area (Å²) >= 11 is 0. The number of sulfonamides is 1. The number of benzene rings is 2. The highest BCUT2D eigenvalue weighted by Crippen LogP contribution is 2.36. The number of hydrogen-bond acceptors (Lipinski definition) is 5. The Morgan fingerprint density at radius 1 is 1.18 bits per heavy atom. The van der Waals surface area contributed by atoms with E-state index >= 15 is 0 Å². The highest BCUT2D eigenvalue weighted by Gasteiger charge is 2.38. The van der Waals surface area contributed by atoms with Crippen LogP contribution in [0.25, 0.3) is 0 Å². The van der Waals surface area contributed by atoms with Gasteiger partial charge < -0.3 is 15.6 Å². The van der Waals surface area contributed by atoms with Gasteiger partial charge in [0.05, 0.1) is 5.25 Å². The van der Waals surface area contributed by atoms with Crippen LogP contribution in [0.5, 0.6) is 5.75 Å². The predicted molar refractivity (Wildman–Crippen MR) is 117 cm³/mol. The van der Waals surface area contributed by atoms with Gasteiger partial charge in [-0.25, -0.2) is 17.9 Å². The Labute approximate surface area is 190 Å². The van der Waals surface area contributed by atoms with Gasteiger partial charge in [-0.15, -0.1) is 0 Å². The molecular formula is C22H27F3N2O5S. The van der Waals surface area contributed by atoms with Crippen LogP contribution in [0.3, 0.4) is 0 Å². The van der Waals surface area contributed by atoms with Crippen LogP contribution in [0.2, 0.25) is 0 Å². The van der Waals surface area contributed by atoms with Crippen molar-refractivity contribution in [1.82, 2.24) is 4.72 Å². The summed E-state index contributed by atoms with van der Waals surface area (Å²) in [6.45, 7) is 4.08. The first-order valence-corrected chi connectivity index (χ1v) is 11.7. The number of carbonyl (C=O) groups is 1. The van der Waals surface area contributed by atoms with E-state index in [9.17, 15) is 21.6 Å². The molecular weight excluding hydrogens is 461 g/mol. The fourth-order valence-electron chi connectivity index (χ4n) is 3.14. The molecule has 0 spiro atoms. The first kappa shape index (κ1) is 26.6. The number of rotatable bonds is 6. The van der Waals surface area contributed by atoms with Gasteiger partial charge in [-0.1, -0.05) is 42.5 Å². The zero-order valence-electron chi connectivity index (χ0n) is 18.2. The number of carboxylic acid groups (broad SMARTS) is 1. The van der Waals surface area contributed by atoms with E-state index in [1.807, 2.05) is 36.4 Å². The zero-order valence-corrected chi connectivity index (χ0v) is 19.0. The summed E-state index contributed by atoms with van der Waals surface area (Å²) in [5.41, 5.74) is 9.52. The quantitative estimate of drug-likeness (QED) is 0.575. The van der Waals surface area contributed by atoms with Crippen molar-refractivity contribution < 1.29 is 36.2 Å². The van der Waals surface area contributed by atoms with Gasteiger partial charge in [0.15, 0.2) is 0 Å². The van der Waals surface area contributed by atoms with Crippen LogP contribution in [0.1, 0.15) is 36.5 Å². The van der Waals surface area contributed by atoms with Gasteiger partial charge in [-0.3, -0.25) is 0 Å².